The summed E-state index contributed by atoms with van der Waals surface area (Å²) in [5, 5.41) is 20.5. The molecular formula is C29H39N3O2. The fourth-order valence-electron chi connectivity index (χ4n) is 3.97. The Labute approximate surface area is 204 Å². The van der Waals surface area contributed by atoms with Crippen molar-refractivity contribution in [3.05, 3.63) is 47.7 Å². The van der Waals surface area contributed by atoms with E-state index in [0.717, 1.165) is 79.5 Å². The first kappa shape index (κ1) is 27.2. The van der Waals surface area contributed by atoms with E-state index in [1.54, 1.807) is 0 Å². The molecule has 0 saturated heterocycles. The van der Waals surface area contributed by atoms with Crippen molar-refractivity contribution < 1.29 is 9.32 Å². The minimum Gasteiger partial charge on any atom is -0.361 e. The van der Waals surface area contributed by atoms with Gasteiger partial charge in [0, 0.05) is 43.0 Å². The van der Waals surface area contributed by atoms with Gasteiger partial charge in [0.1, 0.15) is 17.2 Å². The highest BCUT2D eigenvalue weighted by Crippen LogP contribution is 2.23. The van der Waals surface area contributed by atoms with Crippen molar-refractivity contribution in [2.24, 2.45) is 5.92 Å². The highest BCUT2D eigenvalue weighted by atomic mass is 16.5. The number of hydrogen-bond acceptors (Lipinski definition) is 5. The summed E-state index contributed by atoms with van der Waals surface area (Å²) in [6, 6.07) is 12.2. The molecule has 1 N–H and O–H groups in total. The van der Waals surface area contributed by atoms with E-state index in [9.17, 15) is 4.79 Å². The number of nitriles is 1. The van der Waals surface area contributed by atoms with Gasteiger partial charge in [0.25, 0.3) is 0 Å². The molecule has 182 valence electrons. The van der Waals surface area contributed by atoms with Crippen LogP contribution in [-0.2, 0) is 11.2 Å². The molecule has 1 heterocycles. The van der Waals surface area contributed by atoms with Gasteiger partial charge >= 0.3 is 0 Å². The van der Waals surface area contributed by atoms with E-state index < -0.39 is 0 Å². The number of unbranched alkanes of at least 4 members (excludes halogenated alkanes) is 6. The summed E-state index contributed by atoms with van der Waals surface area (Å²) in [6.45, 7) is 4.19. The lowest BCUT2D eigenvalue weighted by Crippen LogP contribution is -2.10. The molecule has 0 unspecified atom stereocenters. The zero-order chi connectivity index (χ0) is 24.6. The summed E-state index contributed by atoms with van der Waals surface area (Å²) in [7, 11) is 0. The van der Waals surface area contributed by atoms with Crippen molar-refractivity contribution in [2.45, 2.75) is 90.9 Å². The smallest absolute Gasteiger partial charge is 0.137 e. The second kappa shape index (κ2) is 15.8. The minimum atomic E-state index is 0.0814. The van der Waals surface area contributed by atoms with Gasteiger partial charge in [-0.2, -0.15) is 5.26 Å². The van der Waals surface area contributed by atoms with Crippen LogP contribution in [0.4, 0.5) is 0 Å². The molecule has 5 heteroatoms. The van der Waals surface area contributed by atoms with Crippen molar-refractivity contribution in [3.63, 3.8) is 0 Å². The number of rotatable bonds is 17. The van der Waals surface area contributed by atoms with Gasteiger partial charge < -0.3 is 9.93 Å². The van der Waals surface area contributed by atoms with Crippen LogP contribution in [0.1, 0.15) is 95.8 Å². The Kier molecular flexibility index (Phi) is 12.6. The average molecular weight is 462 g/mol. The number of aromatic nitrogens is 1. The predicted octanol–water partition coefficient (Wildman–Crippen LogP) is 7.96. The monoisotopic (exact) mass is 461 g/mol. The predicted molar refractivity (Wildman–Crippen MR) is 139 cm³/mol. The zero-order valence-corrected chi connectivity index (χ0v) is 20.8. The van der Waals surface area contributed by atoms with Gasteiger partial charge in [-0.15, -0.1) is 0 Å². The van der Waals surface area contributed by atoms with Crippen LogP contribution in [0.3, 0.4) is 0 Å². The van der Waals surface area contributed by atoms with Gasteiger partial charge in [0.2, 0.25) is 0 Å². The highest BCUT2D eigenvalue weighted by Gasteiger charge is 2.13. The number of allylic oxidation sites excluding steroid dienone is 2. The SMILES string of the molecule is CCCCC/C=C(\C=N)c1ccc(-c2cc(CCCCC(=O)[C@@H](C)CCCCC#N)on2)cc1. The molecule has 0 amide bonds. The molecule has 34 heavy (non-hydrogen) atoms. The number of hydrogen-bond donors (Lipinski definition) is 1. The highest BCUT2D eigenvalue weighted by molar-refractivity contribution is 6.08. The molecule has 0 saturated carbocycles. The lowest BCUT2D eigenvalue weighted by molar-refractivity contribution is -0.122. The van der Waals surface area contributed by atoms with Crippen molar-refractivity contribution in [3.8, 4) is 17.3 Å². The van der Waals surface area contributed by atoms with E-state index in [4.69, 9.17) is 15.2 Å². The number of ketones is 1. The molecule has 1 aromatic heterocycles. The van der Waals surface area contributed by atoms with Crippen molar-refractivity contribution >= 4 is 17.6 Å². The second-order valence-electron chi connectivity index (χ2n) is 9.03. The Morgan fingerprint density at radius 1 is 1.15 bits per heavy atom. The Morgan fingerprint density at radius 2 is 1.94 bits per heavy atom. The van der Waals surface area contributed by atoms with E-state index in [1.807, 2.05) is 37.3 Å². The Bertz CT molecular complexity index is 951. The third-order valence-electron chi connectivity index (χ3n) is 6.22. The van der Waals surface area contributed by atoms with Crippen LogP contribution in [0.25, 0.3) is 16.8 Å². The van der Waals surface area contributed by atoms with Crippen LogP contribution < -0.4 is 0 Å². The number of carbonyl (C=O) groups excluding carboxylic acids is 1. The van der Waals surface area contributed by atoms with Crippen LogP contribution in [0.2, 0.25) is 0 Å². The molecule has 2 aromatic rings. The van der Waals surface area contributed by atoms with Crippen molar-refractivity contribution in [1.29, 1.82) is 10.7 Å². The third kappa shape index (κ3) is 9.47. The Balaban J connectivity index is 1.79. The lowest BCUT2D eigenvalue weighted by atomic mass is 9.95. The molecule has 0 aliphatic carbocycles. The molecule has 2 rings (SSSR count). The van der Waals surface area contributed by atoms with Gasteiger partial charge in [-0.3, -0.25) is 4.79 Å². The normalized spacial score (nSPS) is 12.3. The molecule has 1 aromatic carbocycles. The van der Waals surface area contributed by atoms with Crippen LogP contribution in [0.5, 0.6) is 0 Å². The third-order valence-corrected chi connectivity index (χ3v) is 6.22. The molecule has 0 spiro atoms. The molecule has 0 bridgehead atoms. The first-order valence-corrected chi connectivity index (χ1v) is 12.8. The quantitative estimate of drug-likeness (QED) is 0.191. The maximum Gasteiger partial charge on any atom is 0.137 e. The van der Waals surface area contributed by atoms with Gasteiger partial charge in [0.05, 0.1) is 6.07 Å². The van der Waals surface area contributed by atoms with Crippen LogP contribution >= 0.6 is 0 Å². The van der Waals surface area contributed by atoms with Gasteiger partial charge in [-0.05, 0) is 49.7 Å². The van der Waals surface area contributed by atoms with E-state index in [-0.39, 0.29) is 5.92 Å². The van der Waals surface area contributed by atoms with Crippen molar-refractivity contribution in [1.82, 2.24) is 5.16 Å². The fourth-order valence-corrected chi connectivity index (χ4v) is 3.97. The van der Waals surface area contributed by atoms with Crippen LogP contribution in [-0.4, -0.2) is 17.2 Å². The molecule has 0 aliphatic rings. The number of aryl methyl sites for hydroxylation is 1. The van der Waals surface area contributed by atoms with Crippen molar-refractivity contribution in [2.75, 3.05) is 0 Å². The maximum absolute atomic E-state index is 12.3. The number of carbonyl (C=O) groups is 1. The number of nitrogens with one attached hydrogen (secondary N) is 1. The molecule has 0 fully saturated rings. The van der Waals surface area contributed by atoms with Gasteiger partial charge in [0.15, 0.2) is 0 Å². The molecule has 5 nitrogen and oxygen atoms in total. The number of benzene rings is 1. The summed E-state index contributed by atoms with van der Waals surface area (Å²) < 4.78 is 5.52. The van der Waals surface area contributed by atoms with E-state index in [0.29, 0.717) is 18.6 Å². The second-order valence-corrected chi connectivity index (χ2v) is 9.03. The lowest BCUT2D eigenvalue weighted by Gasteiger charge is -2.09. The Hall–Kier alpha value is -3.00. The van der Waals surface area contributed by atoms with Crippen LogP contribution in [0, 0.1) is 22.7 Å². The molecular weight excluding hydrogens is 422 g/mol. The first-order valence-electron chi connectivity index (χ1n) is 12.8. The van der Waals surface area contributed by atoms with Crippen LogP contribution in [0.15, 0.2) is 40.9 Å². The summed E-state index contributed by atoms with van der Waals surface area (Å²) in [4.78, 5) is 12.3. The molecule has 1 atom stereocenters. The number of Topliss-reactive ketones (excluding diaryl/α,β-unsaturated/α-hetero) is 1. The van der Waals surface area contributed by atoms with E-state index in [1.165, 1.54) is 19.1 Å². The summed E-state index contributed by atoms with van der Waals surface area (Å²) in [5.41, 5.74) is 3.80. The largest absolute Gasteiger partial charge is 0.361 e. The minimum absolute atomic E-state index is 0.0814. The first-order chi connectivity index (χ1) is 16.6. The summed E-state index contributed by atoms with van der Waals surface area (Å²) in [5.74, 6) is 1.24. The standard InChI is InChI=1S/C29H39N3O2/c1-3-4-5-8-13-26(22-31)24-16-18-25(19-17-24)28-21-27(34-32-28)14-9-10-15-29(33)23(2)12-7-6-11-20-30/h13,16-19,21-23,31H,3-12,14-15H2,1-2H3/b26-13+,31-22?/t23-/m0/s1. The summed E-state index contributed by atoms with van der Waals surface area (Å²) >= 11 is 0. The van der Waals surface area contributed by atoms with E-state index >= 15 is 0 Å². The topological polar surface area (TPSA) is 90.7 Å². The molecule has 0 aliphatic heterocycles. The zero-order valence-electron chi connectivity index (χ0n) is 20.8. The molecule has 0 radical (unpaired) electrons. The average Bonchev–Trinajstić information content (AvgIpc) is 3.33. The number of nitrogens with zero attached hydrogens (tertiary/aromatic N) is 2. The maximum atomic E-state index is 12.3. The van der Waals surface area contributed by atoms with Gasteiger partial charge in [-0.25, -0.2) is 0 Å². The Morgan fingerprint density at radius 3 is 2.65 bits per heavy atom. The van der Waals surface area contributed by atoms with E-state index in [2.05, 4.69) is 24.2 Å². The summed E-state index contributed by atoms with van der Waals surface area (Å²) in [6.07, 6.45) is 14.5. The fraction of sp³-hybridized carbons (Fsp3) is 0.517. The van der Waals surface area contributed by atoms with Gasteiger partial charge in [-0.1, -0.05) is 68.6 Å².